The number of carbonyl (C=O) groups is 1. The van der Waals surface area contributed by atoms with Gasteiger partial charge < -0.3 is 19.8 Å². The highest BCUT2D eigenvalue weighted by Gasteiger charge is 2.02. The third-order valence-electron chi connectivity index (χ3n) is 1.87. The van der Waals surface area contributed by atoms with Crippen molar-refractivity contribution in [3.8, 4) is 0 Å². The van der Waals surface area contributed by atoms with Crippen LogP contribution in [0.15, 0.2) is 16.5 Å². The Hall–Kier alpha value is -1.33. The van der Waals surface area contributed by atoms with Crippen LogP contribution in [0.3, 0.4) is 0 Å². The monoisotopic (exact) mass is 212 g/mol. The van der Waals surface area contributed by atoms with Gasteiger partial charge in [-0.2, -0.15) is 0 Å². The molecule has 0 saturated heterocycles. The van der Waals surface area contributed by atoms with E-state index in [0.29, 0.717) is 13.2 Å². The van der Waals surface area contributed by atoms with Crippen LogP contribution in [0.4, 0.5) is 0 Å². The van der Waals surface area contributed by atoms with Crippen molar-refractivity contribution in [2.45, 2.75) is 13.2 Å². The summed E-state index contributed by atoms with van der Waals surface area (Å²) in [5, 5.41) is 5.49. The molecule has 1 rings (SSSR count). The van der Waals surface area contributed by atoms with Gasteiger partial charge in [-0.3, -0.25) is 4.79 Å². The summed E-state index contributed by atoms with van der Waals surface area (Å²) in [5.74, 6) is 1.54. The van der Waals surface area contributed by atoms with Gasteiger partial charge in [0.05, 0.1) is 13.1 Å². The molecule has 0 unspecified atom stereocenters. The molecule has 0 aliphatic carbocycles. The summed E-state index contributed by atoms with van der Waals surface area (Å²) < 4.78 is 10.3. The van der Waals surface area contributed by atoms with Gasteiger partial charge in [0.2, 0.25) is 5.91 Å². The minimum absolute atomic E-state index is 0.0429. The summed E-state index contributed by atoms with van der Waals surface area (Å²) in [7, 11) is 3.22. The molecule has 0 aromatic carbocycles. The highest BCUT2D eigenvalue weighted by atomic mass is 16.5. The lowest BCUT2D eigenvalue weighted by Crippen LogP contribution is -2.30. The minimum atomic E-state index is -0.0429. The molecule has 5 nitrogen and oxygen atoms in total. The molecule has 0 atom stereocenters. The quantitative estimate of drug-likeness (QED) is 0.710. The second-order valence-electron chi connectivity index (χ2n) is 3.08. The lowest BCUT2D eigenvalue weighted by molar-refractivity contribution is -0.119. The van der Waals surface area contributed by atoms with Gasteiger partial charge >= 0.3 is 0 Å². The minimum Gasteiger partial charge on any atom is -0.462 e. The van der Waals surface area contributed by atoms with Gasteiger partial charge in [-0.15, -0.1) is 0 Å². The molecule has 0 spiro atoms. The number of rotatable bonds is 6. The van der Waals surface area contributed by atoms with E-state index in [1.54, 1.807) is 14.2 Å². The molecule has 1 aromatic rings. The molecular weight excluding hydrogens is 196 g/mol. The van der Waals surface area contributed by atoms with Crippen molar-refractivity contribution in [3.63, 3.8) is 0 Å². The van der Waals surface area contributed by atoms with Crippen molar-refractivity contribution in [1.29, 1.82) is 0 Å². The van der Waals surface area contributed by atoms with Gasteiger partial charge in [0.1, 0.15) is 18.1 Å². The molecule has 84 valence electrons. The van der Waals surface area contributed by atoms with Gasteiger partial charge in [-0.1, -0.05) is 0 Å². The SMILES string of the molecule is CNC(=O)CNCc1ccc(COC)o1. The number of hydrogen-bond donors (Lipinski definition) is 2. The van der Waals surface area contributed by atoms with E-state index in [9.17, 15) is 4.79 Å². The van der Waals surface area contributed by atoms with Crippen LogP contribution in [0.5, 0.6) is 0 Å². The average Bonchev–Trinajstić information content (AvgIpc) is 2.66. The second-order valence-corrected chi connectivity index (χ2v) is 3.08. The summed E-state index contributed by atoms with van der Waals surface area (Å²) in [4.78, 5) is 10.9. The average molecular weight is 212 g/mol. The van der Waals surface area contributed by atoms with Gasteiger partial charge in [-0.25, -0.2) is 0 Å². The van der Waals surface area contributed by atoms with Crippen LogP contribution in [-0.2, 0) is 22.7 Å². The van der Waals surface area contributed by atoms with E-state index in [-0.39, 0.29) is 12.5 Å². The number of hydrogen-bond acceptors (Lipinski definition) is 4. The van der Waals surface area contributed by atoms with Gasteiger partial charge in [0.15, 0.2) is 0 Å². The fourth-order valence-electron chi connectivity index (χ4n) is 1.12. The lowest BCUT2D eigenvalue weighted by atomic mass is 10.4. The molecule has 2 N–H and O–H groups in total. The van der Waals surface area contributed by atoms with Crippen LogP contribution in [0.2, 0.25) is 0 Å². The van der Waals surface area contributed by atoms with E-state index in [1.807, 2.05) is 12.1 Å². The van der Waals surface area contributed by atoms with E-state index < -0.39 is 0 Å². The van der Waals surface area contributed by atoms with E-state index in [2.05, 4.69) is 10.6 Å². The number of amides is 1. The van der Waals surface area contributed by atoms with Crippen LogP contribution in [0, 0.1) is 0 Å². The van der Waals surface area contributed by atoms with Crippen molar-refractivity contribution >= 4 is 5.91 Å². The van der Waals surface area contributed by atoms with Crippen molar-refractivity contribution in [2.24, 2.45) is 0 Å². The Labute approximate surface area is 88.8 Å². The number of likely N-dealkylation sites (N-methyl/N-ethyl adjacent to an activating group) is 1. The fourth-order valence-corrected chi connectivity index (χ4v) is 1.12. The first-order chi connectivity index (χ1) is 7.26. The fraction of sp³-hybridized carbons (Fsp3) is 0.500. The zero-order valence-corrected chi connectivity index (χ0v) is 9.00. The predicted molar refractivity (Wildman–Crippen MR) is 55.2 cm³/mol. The Morgan fingerprint density at radius 3 is 2.87 bits per heavy atom. The maximum absolute atomic E-state index is 10.9. The van der Waals surface area contributed by atoms with Crippen molar-refractivity contribution in [1.82, 2.24) is 10.6 Å². The third kappa shape index (κ3) is 4.14. The Kier molecular flexibility index (Phi) is 4.86. The van der Waals surface area contributed by atoms with E-state index >= 15 is 0 Å². The summed E-state index contributed by atoms with van der Waals surface area (Å²) in [5.41, 5.74) is 0. The molecule has 1 heterocycles. The first-order valence-electron chi connectivity index (χ1n) is 4.74. The molecule has 1 amide bonds. The Morgan fingerprint density at radius 2 is 2.20 bits per heavy atom. The third-order valence-corrected chi connectivity index (χ3v) is 1.87. The smallest absolute Gasteiger partial charge is 0.233 e. The second kappa shape index (κ2) is 6.21. The van der Waals surface area contributed by atoms with Gasteiger partial charge in [0.25, 0.3) is 0 Å². The molecular formula is C10H16N2O3. The largest absolute Gasteiger partial charge is 0.462 e. The van der Waals surface area contributed by atoms with E-state index in [1.165, 1.54) is 0 Å². The van der Waals surface area contributed by atoms with E-state index in [0.717, 1.165) is 11.5 Å². The summed E-state index contributed by atoms with van der Waals surface area (Å²) >= 11 is 0. The Bertz CT molecular complexity index is 309. The van der Waals surface area contributed by atoms with E-state index in [4.69, 9.17) is 9.15 Å². The highest BCUT2D eigenvalue weighted by molar-refractivity contribution is 5.77. The predicted octanol–water partition coefficient (Wildman–Crippen LogP) is 0.262. The summed E-state index contributed by atoms with van der Waals surface area (Å²) in [6.45, 7) is 1.30. The molecule has 1 aromatic heterocycles. The van der Waals surface area contributed by atoms with Crippen LogP contribution in [0.1, 0.15) is 11.5 Å². The van der Waals surface area contributed by atoms with Crippen LogP contribution in [0.25, 0.3) is 0 Å². The maximum Gasteiger partial charge on any atom is 0.233 e. The van der Waals surface area contributed by atoms with Crippen LogP contribution >= 0.6 is 0 Å². The normalized spacial score (nSPS) is 10.3. The summed E-state index contributed by atoms with van der Waals surface area (Å²) in [6.07, 6.45) is 0. The topological polar surface area (TPSA) is 63.5 Å². The molecule has 0 bridgehead atoms. The Balaban J connectivity index is 2.28. The first kappa shape index (κ1) is 11.7. The van der Waals surface area contributed by atoms with Gasteiger partial charge in [0, 0.05) is 14.2 Å². The molecule has 0 fully saturated rings. The number of ether oxygens (including phenoxy) is 1. The molecule has 5 heteroatoms. The van der Waals surface area contributed by atoms with Crippen LogP contribution in [-0.4, -0.2) is 26.6 Å². The van der Waals surface area contributed by atoms with Crippen molar-refractivity contribution in [3.05, 3.63) is 23.7 Å². The Morgan fingerprint density at radius 1 is 1.47 bits per heavy atom. The molecule has 0 aliphatic rings. The zero-order valence-electron chi connectivity index (χ0n) is 9.00. The number of carbonyl (C=O) groups excluding carboxylic acids is 1. The maximum atomic E-state index is 10.9. The lowest BCUT2D eigenvalue weighted by Gasteiger charge is -2.01. The zero-order chi connectivity index (χ0) is 11.1. The summed E-state index contributed by atoms with van der Waals surface area (Å²) in [6, 6.07) is 3.73. The standard InChI is InChI=1S/C10H16N2O3/c1-11-10(13)6-12-5-8-3-4-9(15-8)7-14-2/h3-4,12H,5-7H2,1-2H3,(H,11,13). The molecule has 0 saturated carbocycles. The molecule has 0 aliphatic heterocycles. The van der Waals surface area contributed by atoms with Crippen LogP contribution < -0.4 is 10.6 Å². The number of nitrogens with one attached hydrogen (secondary N) is 2. The highest BCUT2D eigenvalue weighted by Crippen LogP contribution is 2.08. The number of furan rings is 1. The number of methoxy groups -OCH3 is 1. The molecule has 15 heavy (non-hydrogen) atoms. The van der Waals surface area contributed by atoms with Crippen molar-refractivity contribution < 1.29 is 13.9 Å². The molecule has 0 radical (unpaired) electrons. The van der Waals surface area contributed by atoms with Gasteiger partial charge in [-0.05, 0) is 12.1 Å². The van der Waals surface area contributed by atoms with Crippen molar-refractivity contribution in [2.75, 3.05) is 20.7 Å². The first-order valence-corrected chi connectivity index (χ1v) is 4.74.